The van der Waals surface area contributed by atoms with E-state index >= 15 is 0 Å². The van der Waals surface area contributed by atoms with Crippen LogP contribution in [0.4, 0.5) is 31.1 Å². The Labute approximate surface area is 232 Å². The van der Waals surface area contributed by atoms with Crippen molar-refractivity contribution in [1.82, 2.24) is 15.6 Å². The average molecular weight is 604 g/mol. The number of carboxylic acids is 2. The fourth-order valence-electron chi connectivity index (χ4n) is 3.32. The number of carbonyl (C=O) groups excluding carboxylic acids is 2. The van der Waals surface area contributed by atoms with E-state index in [2.05, 4.69) is 15.6 Å². The zero-order valence-electron chi connectivity index (χ0n) is 21.3. The molecule has 42 heavy (non-hydrogen) atoms. The molecule has 3 amide bonds. The number of aryl methyl sites for hydroxylation is 1. The number of ether oxygens (including phenoxy) is 1. The van der Waals surface area contributed by atoms with Crippen molar-refractivity contribution in [3.63, 3.8) is 0 Å². The van der Waals surface area contributed by atoms with E-state index in [-0.39, 0.29) is 6.54 Å². The highest BCUT2D eigenvalue weighted by molar-refractivity contribution is 6.02. The average Bonchev–Trinajstić information content (AvgIpc) is 2.89. The summed E-state index contributed by atoms with van der Waals surface area (Å²) in [4.78, 5) is 45.7. The van der Waals surface area contributed by atoms with Gasteiger partial charge >= 0.3 is 30.3 Å². The van der Waals surface area contributed by atoms with Gasteiger partial charge in [-0.15, -0.1) is 0 Å². The number of pyridine rings is 1. The van der Waals surface area contributed by atoms with Gasteiger partial charge in [0.1, 0.15) is 17.9 Å². The Morgan fingerprint density at radius 3 is 2.00 bits per heavy atom. The number of rotatable bonds is 4. The quantitative estimate of drug-likeness (QED) is 0.279. The van der Waals surface area contributed by atoms with Crippen LogP contribution in [0.25, 0.3) is 10.9 Å². The SMILES string of the molecule is Cc1cc(COc2ccc([C@]3(N)CNC(=O)NC3=O)cc2)c2ccccc2n1.O=C(O)C(F)(F)F.O=C(O)C(F)(F)F. The Morgan fingerprint density at radius 2 is 1.50 bits per heavy atom. The van der Waals surface area contributed by atoms with E-state index in [9.17, 15) is 35.9 Å². The summed E-state index contributed by atoms with van der Waals surface area (Å²) in [5, 5.41) is 20.1. The van der Waals surface area contributed by atoms with Gasteiger partial charge in [0.05, 0.1) is 12.1 Å². The predicted octanol–water partition coefficient (Wildman–Crippen LogP) is 3.38. The Balaban J connectivity index is 0.000000367. The Hall–Kier alpha value is -4.93. The molecule has 0 radical (unpaired) electrons. The van der Waals surface area contributed by atoms with Gasteiger partial charge in [0.15, 0.2) is 0 Å². The zero-order valence-corrected chi connectivity index (χ0v) is 21.3. The first-order valence-electron chi connectivity index (χ1n) is 11.4. The number of nitrogens with two attached hydrogens (primary N) is 1. The molecule has 6 N–H and O–H groups in total. The Kier molecular flexibility index (Phi) is 10.4. The maximum atomic E-state index is 12.1. The molecule has 1 atom stereocenters. The van der Waals surface area contributed by atoms with Gasteiger partial charge in [-0.05, 0) is 36.8 Å². The van der Waals surface area contributed by atoms with Gasteiger partial charge in [-0.2, -0.15) is 26.3 Å². The number of halogens is 6. The molecule has 0 unspecified atom stereocenters. The van der Waals surface area contributed by atoms with Crippen LogP contribution >= 0.6 is 0 Å². The molecule has 2 aromatic carbocycles. The highest BCUT2D eigenvalue weighted by Crippen LogP contribution is 2.25. The lowest BCUT2D eigenvalue weighted by Gasteiger charge is -2.32. The van der Waals surface area contributed by atoms with Gasteiger partial charge in [0.25, 0.3) is 5.91 Å². The predicted molar refractivity (Wildman–Crippen MR) is 132 cm³/mol. The number of benzene rings is 2. The third-order valence-electron chi connectivity index (χ3n) is 5.34. The summed E-state index contributed by atoms with van der Waals surface area (Å²) in [7, 11) is 0. The van der Waals surface area contributed by atoms with E-state index < -0.39 is 41.8 Å². The van der Waals surface area contributed by atoms with Crippen LogP contribution in [0.5, 0.6) is 5.75 Å². The molecule has 0 spiro atoms. The largest absolute Gasteiger partial charge is 0.490 e. The highest BCUT2D eigenvalue weighted by Gasteiger charge is 2.41. The van der Waals surface area contributed by atoms with Crippen LogP contribution in [0, 0.1) is 6.92 Å². The van der Waals surface area contributed by atoms with Crippen LogP contribution in [-0.4, -0.2) is 58.0 Å². The van der Waals surface area contributed by atoms with Gasteiger partial charge < -0.3 is 26.0 Å². The number of aliphatic carboxylic acids is 2. The number of urea groups is 1. The number of imide groups is 1. The number of para-hydroxylation sites is 1. The van der Waals surface area contributed by atoms with Crippen molar-refractivity contribution in [2.45, 2.75) is 31.4 Å². The normalized spacial score (nSPS) is 16.6. The van der Waals surface area contributed by atoms with Crippen LogP contribution in [0.2, 0.25) is 0 Å². The molecule has 0 aliphatic carbocycles. The molecule has 4 rings (SSSR count). The van der Waals surface area contributed by atoms with Gasteiger partial charge in [0.2, 0.25) is 0 Å². The Morgan fingerprint density at radius 1 is 0.976 bits per heavy atom. The van der Waals surface area contributed by atoms with Gasteiger partial charge in [-0.25, -0.2) is 14.4 Å². The summed E-state index contributed by atoms with van der Waals surface area (Å²) in [5.74, 6) is -5.38. The summed E-state index contributed by atoms with van der Waals surface area (Å²) in [5.41, 5.74) is 8.43. The van der Waals surface area contributed by atoms with Crippen molar-refractivity contribution in [2.75, 3.05) is 6.54 Å². The fraction of sp³-hybridized carbons (Fsp3) is 0.240. The third-order valence-corrected chi connectivity index (χ3v) is 5.34. The number of amides is 3. The first-order valence-corrected chi connectivity index (χ1v) is 11.4. The van der Waals surface area contributed by atoms with E-state index in [0.717, 1.165) is 22.2 Å². The molecular formula is C25H22F6N4O7. The molecule has 1 fully saturated rings. The van der Waals surface area contributed by atoms with E-state index in [1.807, 2.05) is 37.3 Å². The maximum Gasteiger partial charge on any atom is 0.490 e. The summed E-state index contributed by atoms with van der Waals surface area (Å²) < 4.78 is 69.4. The van der Waals surface area contributed by atoms with Crippen molar-refractivity contribution in [1.29, 1.82) is 0 Å². The molecule has 1 aromatic heterocycles. The van der Waals surface area contributed by atoms with Crippen molar-refractivity contribution < 1.29 is 60.5 Å². The number of nitrogens with zero attached hydrogens (tertiary/aromatic N) is 1. The number of alkyl halides is 6. The van der Waals surface area contributed by atoms with Crippen LogP contribution < -0.4 is 21.1 Å². The third kappa shape index (κ3) is 9.05. The number of carbonyl (C=O) groups is 4. The van der Waals surface area contributed by atoms with Crippen molar-refractivity contribution in [3.05, 3.63) is 71.4 Å². The minimum absolute atomic E-state index is 0.0418. The second-order valence-electron chi connectivity index (χ2n) is 8.47. The monoisotopic (exact) mass is 604 g/mol. The van der Waals surface area contributed by atoms with Crippen LogP contribution in [-0.2, 0) is 26.5 Å². The zero-order chi connectivity index (χ0) is 31.9. The molecule has 1 aliphatic rings. The minimum atomic E-state index is -5.08. The fourth-order valence-corrected chi connectivity index (χ4v) is 3.32. The lowest BCUT2D eigenvalue weighted by molar-refractivity contribution is -0.193. The van der Waals surface area contributed by atoms with Crippen LogP contribution in [0.3, 0.4) is 0 Å². The number of hydrogen-bond donors (Lipinski definition) is 5. The highest BCUT2D eigenvalue weighted by atomic mass is 19.4. The molecule has 1 saturated heterocycles. The maximum absolute atomic E-state index is 12.1. The van der Waals surface area contributed by atoms with E-state index in [1.54, 1.807) is 24.3 Å². The lowest BCUT2D eigenvalue weighted by Crippen LogP contribution is -2.65. The molecular weight excluding hydrogens is 582 g/mol. The summed E-state index contributed by atoms with van der Waals surface area (Å²) in [6, 6.07) is 16.4. The standard InChI is InChI=1S/C21H20N4O3.2C2HF3O2/c1-13-10-14(17-4-2-3-5-18(17)24-13)11-28-16-8-6-15(7-9-16)21(22)12-23-20(27)25-19(21)26;2*3-2(4,5)1(6)7/h2-10H,11-12,22H2,1H3,(H2,23,25,26,27);2*(H,6,7)/t21-;;/m1../s1. The molecule has 226 valence electrons. The molecule has 17 heteroatoms. The summed E-state index contributed by atoms with van der Waals surface area (Å²) in [6.45, 7) is 2.40. The number of aromatic nitrogens is 1. The topological polar surface area (TPSA) is 181 Å². The van der Waals surface area contributed by atoms with Crippen molar-refractivity contribution in [2.24, 2.45) is 5.73 Å². The number of carboxylic acid groups (broad SMARTS) is 2. The van der Waals surface area contributed by atoms with E-state index in [0.29, 0.717) is 17.9 Å². The molecule has 2 heterocycles. The van der Waals surface area contributed by atoms with E-state index in [4.69, 9.17) is 30.3 Å². The van der Waals surface area contributed by atoms with Gasteiger partial charge in [-0.3, -0.25) is 15.1 Å². The first-order chi connectivity index (χ1) is 19.3. The van der Waals surface area contributed by atoms with Crippen molar-refractivity contribution in [3.8, 4) is 5.75 Å². The van der Waals surface area contributed by atoms with Crippen LogP contribution in [0.1, 0.15) is 16.8 Å². The molecule has 1 aliphatic heterocycles. The van der Waals surface area contributed by atoms with Crippen LogP contribution in [0.15, 0.2) is 54.6 Å². The van der Waals surface area contributed by atoms with Crippen molar-refractivity contribution >= 4 is 34.8 Å². The number of fused-ring (bicyclic) bond motifs is 1. The second kappa shape index (κ2) is 13.2. The van der Waals surface area contributed by atoms with Gasteiger partial charge in [-0.1, -0.05) is 30.3 Å². The summed E-state index contributed by atoms with van der Waals surface area (Å²) in [6.07, 6.45) is -10.2. The lowest BCUT2D eigenvalue weighted by atomic mass is 9.88. The smallest absolute Gasteiger partial charge is 0.489 e. The molecule has 0 bridgehead atoms. The minimum Gasteiger partial charge on any atom is -0.489 e. The Bertz CT molecular complexity index is 1440. The number of nitrogens with one attached hydrogen (secondary N) is 2. The molecule has 11 nitrogen and oxygen atoms in total. The van der Waals surface area contributed by atoms with E-state index in [1.165, 1.54) is 0 Å². The molecule has 0 saturated carbocycles. The first kappa shape index (κ1) is 33.3. The second-order valence-corrected chi connectivity index (χ2v) is 8.47. The van der Waals surface area contributed by atoms with Gasteiger partial charge in [0, 0.05) is 16.6 Å². The summed E-state index contributed by atoms with van der Waals surface area (Å²) >= 11 is 0. The molecule has 3 aromatic rings. The number of hydrogen-bond acceptors (Lipinski definition) is 7.